The minimum atomic E-state index is 0.559. The van der Waals surface area contributed by atoms with Crippen LogP contribution in [0.4, 0.5) is 0 Å². The number of rotatable bonds is 1. The van der Waals surface area contributed by atoms with E-state index in [9.17, 15) is 0 Å². The molecule has 0 aromatic carbocycles. The van der Waals surface area contributed by atoms with E-state index in [1.165, 1.54) is 25.2 Å². The van der Waals surface area contributed by atoms with Gasteiger partial charge < -0.3 is 4.90 Å². The molecule has 2 heteroatoms. The standard InChI is InChI=1S/C11H16N2/c1-2-13-9-5-7-10-6-3-4-8-12-11(10)13/h3-4,6,8,10H,2,5,7,9H2,1H3. The highest BCUT2D eigenvalue weighted by Crippen LogP contribution is 2.21. The summed E-state index contributed by atoms with van der Waals surface area (Å²) in [6.45, 7) is 4.45. The van der Waals surface area contributed by atoms with E-state index in [1.54, 1.807) is 0 Å². The summed E-state index contributed by atoms with van der Waals surface area (Å²) in [5, 5.41) is 0. The molecule has 0 bridgehead atoms. The largest absolute Gasteiger partial charge is 0.360 e. The van der Waals surface area contributed by atoms with Gasteiger partial charge in [-0.3, -0.25) is 0 Å². The van der Waals surface area contributed by atoms with Gasteiger partial charge in [-0.2, -0.15) is 0 Å². The van der Waals surface area contributed by atoms with Crippen molar-refractivity contribution < 1.29 is 0 Å². The smallest absolute Gasteiger partial charge is 0.111 e. The molecule has 0 aliphatic carbocycles. The third-order valence-corrected chi connectivity index (χ3v) is 2.73. The van der Waals surface area contributed by atoms with Crippen molar-refractivity contribution >= 4 is 5.84 Å². The summed E-state index contributed by atoms with van der Waals surface area (Å²) in [6, 6.07) is 0. The molecule has 2 aliphatic rings. The summed E-state index contributed by atoms with van der Waals surface area (Å²) < 4.78 is 0. The third-order valence-electron chi connectivity index (χ3n) is 2.73. The Balaban J connectivity index is 2.23. The normalized spacial score (nSPS) is 26.7. The van der Waals surface area contributed by atoms with Crippen LogP contribution in [-0.4, -0.2) is 23.8 Å². The molecule has 2 heterocycles. The monoisotopic (exact) mass is 176 g/mol. The molecule has 1 fully saturated rings. The molecular formula is C11H16N2. The summed E-state index contributed by atoms with van der Waals surface area (Å²) in [7, 11) is 0. The van der Waals surface area contributed by atoms with E-state index in [0.717, 1.165) is 6.54 Å². The molecule has 0 aromatic rings. The minimum absolute atomic E-state index is 0.559. The van der Waals surface area contributed by atoms with E-state index in [0.29, 0.717) is 5.92 Å². The molecule has 13 heavy (non-hydrogen) atoms. The van der Waals surface area contributed by atoms with Crippen molar-refractivity contribution in [1.29, 1.82) is 0 Å². The van der Waals surface area contributed by atoms with E-state index < -0.39 is 0 Å². The fraction of sp³-hybridized carbons (Fsp3) is 0.545. The molecule has 0 N–H and O–H groups in total. The lowest BCUT2D eigenvalue weighted by atomic mass is 9.96. The minimum Gasteiger partial charge on any atom is -0.360 e. The van der Waals surface area contributed by atoms with E-state index in [4.69, 9.17) is 0 Å². The third kappa shape index (κ3) is 1.67. The van der Waals surface area contributed by atoms with Crippen LogP contribution in [0.25, 0.3) is 0 Å². The second-order valence-electron chi connectivity index (χ2n) is 3.54. The van der Waals surface area contributed by atoms with Gasteiger partial charge >= 0.3 is 0 Å². The van der Waals surface area contributed by atoms with Gasteiger partial charge in [0.25, 0.3) is 0 Å². The number of hydrogen-bond donors (Lipinski definition) is 0. The number of allylic oxidation sites excluding steroid dienone is 2. The Morgan fingerprint density at radius 2 is 2.46 bits per heavy atom. The molecule has 0 saturated carbocycles. The number of amidine groups is 1. The van der Waals surface area contributed by atoms with Crippen LogP contribution < -0.4 is 0 Å². The highest BCUT2D eigenvalue weighted by atomic mass is 15.2. The molecule has 2 aliphatic heterocycles. The number of hydrogen-bond acceptors (Lipinski definition) is 2. The fourth-order valence-electron chi connectivity index (χ4n) is 2.03. The van der Waals surface area contributed by atoms with Crippen LogP contribution in [-0.2, 0) is 0 Å². The molecule has 1 unspecified atom stereocenters. The van der Waals surface area contributed by atoms with E-state index in [1.807, 2.05) is 12.3 Å². The Kier molecular flexibility index (Phi) is 2.48. The first kappa shape index (κ1) is 8.54. The Morgan fingerprint density at radius 1 is 1.54 bits per heavy atom. The fourth-order valence-corrected chi connectivity index (χ4v) is 2.03. The number of piperidine rings is 1. The zero-order valence-corrected chi connectivity index (χ0v) is 8.11. The van der Waals surface area contributed by atoms with Crippen LogP contribution in [0.5, 0.6) is 0 Å². The first-order chi connectivity index (χ1) is 6.42. The van der Waals surface area contributed by atoms with Gasteiger partial charge in [-0.05, 0) is 25.8 Å². The molecule has 0 spiro atoms. The predicted octanol–water partition coefficient (Wildman–Crippen LogP) is 2.20. The summed E-state index contributed by atoms with van der Waals surface area (Å²) in [4.78, 5) is 6.88. The molecule has 2 nitrogen and oxygen atoms in total. The zero-order valence-electron chi connectivity index (χ0n) is 8.11. The highest BCUT2D eigenvalue weighted by molar-refractivity contribution is 5.87. The number of aliphatic imine (C=N–C) groups is 1. The molecule has 1 atom stereocenters. The molecule has 70 valence electrons. The topological polar surface area (TPSA) is 15.6 Å². The maximum absolute atomic E-state index is 4.50. The SMILES string of the molecule is CCN1CCCC2C=CC=CN=C21. The first-order valence-corrected chi connectivity index (χ1v) is 5.08. The van der Waals surface area contributed by atoms with Crippen LogP contribution >= 0.6 is 0 Å². The van der Waals surface area contributed by atoms with Gasteiger partial charge in [-0.1, -0.05) is 12.2 Å². The van der Waals surface area contributed by atoms with Crippen LogP contribution in [0.2, 0.25) is 0 Å². The average molecular weight is 176 g/mol. The van der Waals surface area contributed by atoms with Crippen LogP contribution in [0, 0.1) is 5.92 Å². The molecule has 2 rings (SSSR count). The van der Waals surface area contributed by atoms with Crippen molar-refractivity contribution in [2.75, 3.05) is 13.1 Å². The highest BCUT2D eigenvalue weighted by Gasteiger charge is 2.23. The van der Waals surface area contributed by atoms with E-state index in [2.05, 4.69) is 29.0 Å². The van der Waals surface area contributed by atoms with Gasteiger partial charge in [0.2, 0.25) is 0 Å². The lowest BCUT2D eigenvalue weighted by molar-refractivity contribution is 0.363. The molecule has 0 aromatic heterocycles. The average Bonchev–Trinajstić information content (AvgIpc) is 2.41. The van der Waals surface area contributed by atoms with Gasteiger partial charge in [-0.15, -0.1) is 0 Å². The van der Waals surface area contributed by atoms with Crippen molar-refractivity contribution in [3.63, 3.8) is 0 Å². The molecular weight excluding hydrogens is 160 g/mol. The maximum atomic E-state index is 4.50. The first-order valence-electron chi connectivity index (χ1n) is 5.08. The van der Waals surface area contributed by atoms with Crippen molar-refractivity contribution in [2.45, 2.75) is 19.8 Å². The van der Waals surface area contributed by atoms with Gasteiger partial charge in [0.1, 0.15) is 5.84 Å². The van der Waals surface area contributed by atoms with E-state index in [-0.39, 0.29) is 0 Å². The van der Waals surface area contributed by atoms with Crippen molar-refractivity contribution in [3.05, 3.63) is 24.4 Å². The van der Waals surface area contributed by atoms with E-state index >= 15 is 0 Å². The molecule has 1 saturated heterocycles. The zero-order chi connectivity index (χ0) is 9.10. The van der Waals surface area contributed by atoms with Crippen molar-refractivity contribution in [3.8, 4) is 0 Å². The van der Waals surface area contributed by atoms with Gasteiger partial charge in [0, 0.05) is 25.2 Å². The van der Waals surface area contributed by atoms with Crippen LogP contribution in [0.3, 0.4) is 0 Å². The molecule has 0 radical (unpaired) electrons. The summed E-state index contributed by atoms with van der Waals surface area (Å²) >= 11 is 0. The Labute approximate surface area is 79.7 Å². The predicted molar refractivity (Wildman–Crippen MR) is 55.7 cm³/mol. The van der Waals surface area contributed by atoms with Crippen molar-refractivity contribution in [2.24, 2.45) is 10.9 Å². The number of fused-ring (bicyclic) bond motifs is 1. The Bertz CT molecular complexity index is 263. The lowest BCUT2D eigenvalue weighted by Gasteiger charge is -2.33. The maximum Gasteiger partial charge on any atom is 0.111 e. The Hall–Kier alpha value is -1.05. The molecule has 0 amide bonds. The lowest BCUT2D eigenvalue weighted by Crippen LogP contribution is -2.40. The summed E-state index contributed by atoms with van der Waals surface area (Å²) in [5.74, 6) is 1.82. The summed E-state index contributed by atoms with van der Waals surface area (Å²) in [6.07, 6.45) is 10.8. The van der Waals surface area contributed by atoms with Crippen LogP contribution in [0.15, 0.2) is 29.4 Å². The summed E-state index contributed by atoms with van der Waals surface area (Å²) in [5.41, 5.74) is 0. The quantitative estimate of drug-likeness (QED) is 0.598. The number of likely N-dealkylation sites (tertiary alicyclic amines) is 1. The van der Waals surface area contributed by atoms with Gasteiger partial charge in [0.15, 0.2) is 0 Å². The second-order valence-corrected chi connectivity index (χ2v) is 3.54. The second kappa shape index (κ2) is 3.77. The van der Waals surface area contributed by atoms with Crippen molar-refractivity contribution in [1.82, 2.24) is 4.90 Å². The van der Waals surface area contributed by atoms with Gasteiger partial charge in [0.05, 0.1) is 0 Å². The van der Waals surface area contributed by atoms with Gasteiger partial charge in [-0.25, -0.2) is 4.99 Å². The van der Waals surface area contributed by atoms with Crippen LogP contribution in [0.1, 0.15) is 19.8 Å². The Morgan fingerprint density at radius 3 is 3.31 bits per heavy atom. The number of nitrogens with zero attached hydrogens (tertiary/aromatic N) is 2.